The van der Waals surface area contributed by atoms with Crippen LogP contribution in [-0.2, 0) is 0 Å². The van der Waals surface area contributed by atoms with Gasteiger partial charge in [0.1, 0.15) is 12.9 Å². The van der Waals surface area contributed by atoms with Crippen molar-refractivity contribution < 1.29 is 4.79 Å². The average Bonchev–Trinajstić information content (AvgIpc) is 3.49. The lowest BCUT2D eigenvalue weighted by atomic mass is 10.0. The highest BCUT2D eigenvalue weighted by Crippen LogP contribution is 2.29. The molecule has 1 saturated carbocycles. The third-order valence-electron chi connectivity index (χ3n) is 5.89. The van der Waals surface area contributed by atoms with Gasteiger partial charge in [-0.1, -0.05) is 6.07 Å². The fourth-order valence-electron chi connectivity index (χ4n) is 3.86. The highest BCUT2D eigenvalue weighted by Gasteiger charge is 2.24. The van der Waals surface area contributed by atoms with Crippen LogP contribution in [0.5, 0.6) is 0 Å². The monoisotopic (exact) mass is 785 g/mol. The number of carbonyl (C=O) groups is 1. The molecule has 0 aliphatic heterocycles. The molecule has 5 aromatic rings. The molecule has 38 heavy (non-hydrogen) atoms. The second-order valence-electron chi connectivity index (χ2n) is 8.54. The van der Waals surface area contributed by atoms with Gasteiger partial charge in [-0.3, -0.25) is 4.79 Å². The Kier molecular flexibility index (Phi) is 8.67. The van der Waals surface area contributed by atoms with Gasteiger partial charge in [0.2, 0.25) is 0 Å². The van der Waals surface area contributed by atoms with E-state index in [2.05, 4.69) is 79.9 Å². The molecule has 196 valence electrons. The summed E-state index contributed by atoms with van der Waals surface area (Å²) in [5, 5.41) is 11.9. The number of hydrogen-bond donors (Lipinski definition) is 1. The zero-order valence-corrected chi connectivity index (χ0v) is 27.5. The molecule has 1 amide bonds. The van der Waals surface area contributed by atoms with Crippen molar-refractivity contribution in [2.75, 3.05) is 12.5 Å². The van der Waals surface area contributed by atoms with E-state index in [9.17, 15) is 4.79 Å². The van der Waals surface area contributed by atoms with Crippen molar-refractivity contribution in [3.63, 3.8) is 0 Å². The van der Waals surface area contributed by atoms with Gasteiger partial charge < -0.3 is 5.32 Å². The fraction of sp³-hybridized carbons (Fsp3) is 0.240. The van der Waals surface area contributed by atoms with Gasteiger partial charge in [-0.15, -0.1) is 23.5 Å². The first-order valence-corrected chi connectivity index (χ1v) is 16.6. The highest BCUT2D eigenvalue weighted by molar-refractivity contribution is 14.1. The van der Waals surface area contributed by atoms with Crippen molar-refractivity contribution in [2.45, 2.75) is 35.6 Å². The molecule has 0 radical (unpaired) electrons. The Balaban J connectivity index is 0.000000190. The Morgan fingerprint density at radius 1 is 0.974 bits per heavy atom. The van der Waals surface area contributed by atoms with Gasteiger partial charge in [0.15, 0.2) is 11.3 Å². The topological polar surface area (TPSA) is 89.5 Å². The normalized spacial score (nSPS) is 13.0. The van der Waals surface area contributed by atoms with Crippen LogP contribution in [0.25, 0.3) is 22.6 Å². The van der Waals surface area contributed by atoms with Crippen molar-refractivity contribution in [3.05, 3.63) is 66.8 Å². The number of benzene rings is 1. The SMILES string of the molecule is CSc1cc(Br)nn2c(-c3ccc(C(=O)NC4CC4)c(C)c3)cnc12.CSc1cc(Br)nn2c(I)cnc12. The predicted molar refractivity (Wildman–Crippen MR) is 168 cm³/mol. The maximum Gasteiger partial charge on any atom is 0.251 e. The summed E-state index contributed by atoms with van der Waals surface area (Å²) < 4.78 is 6.29. The first-order chi connectivity index (χ1) is 18.3. The number of fused-ring (bicyclic) bond motifs is 2. The van der Waals surface area contributed by atoms with Crippen molar-refractivity contribution >= 4 is 95.2 Å². The second kappa shape index (κ2) is 11.8. The molecular formula is C25H22Br2IN7OS2. The molecule has 8 nitrogen and oxygen atoms in total. The van der Waals surface area contributed by atoms with E-state index in [0.29, 0.717) is 6.04 Å². The molecule has 13 heteroatoms. The molecule has 0 bridgehead atoms. The van der Waals surface area contributed by atoms with Crippen molar-refractivity contribution in [1.82, 2.24) is 34.5 Å². The van der Waals surface area contributed by atoms with E-state index >= 15 is 0 Å². The zero-order chi connectivity index (χ0) is 27.0. The number of imidazole rings is 2. The van der Waals surface area contributed by atoms with Crippen LogP contribution in [-0.4, -0.2) is 53.7 Å². The molecule has 1 fully saturated rings. The number of rotatable bonds is 5. The molecule has 1 aliphatic rings. The number of carbonyl (C=O) groups excluding carboxylic acids is 1. The number of amides is 1. The Morgan fingerprint density at radius 2 is 1.58 bits per heavy atom. The van der Waals surface area contributed by atoms with Crippen LogP contribution < -0.4 is 5.32 Å². The Hall–Kier alpha value is -1.68. The van der Waals surface area contributed by atoms with Crippen LogP contribution in [0.2, 0.25) is 0 Å². The first-order valence-electron chi connectivity index (χ1n) is 11.5. The van der Waals surface area contributed by atoms with Crippen molar-refractivity contribution in [2.24, 2.45) is 0 Å². The minimum absolute atomic E-state index is 0.00947. The summed E-state index contributed by atoms with van der Waals surface area (Å²) in [4.78, 5) is 23.3. The molecule has 0 atom stereocenters. The average molecular weight is 787 g/mol. The van der Waals surface area contributed by atoms with E-state index in [1.54, 1.807) is 23.5 Å². The molecule has 6 rings (SSSR count). The van der Waals surface area contributed by atoms with Gasteiger partial charge in [0, 0.05) is 17.2 Å². The third kappa shape index (κ3) is 5.91. The molecule has 1 N–H and O–H groups in total. The molecule has 1 aliphatic carbocycles. The predicted octanol–water partition coefficient (Wildman–Crippen LogP) is 6.90. The summed E-state index contributed by atoms with van der Waals surface area (Å²) in [6.07, 6.45) is 9.87. The van der Waals surface area contributed by atoms with E-state index < -0.39 is 0 Å². The largest absolute Gasteiger partial charge is 0.349 e. The number of halogens is 3. The molecule has 0 saturated heterocycles. The van der Waals surface area contributed by atoms with Gasteiger partial charge >= 0.3 is 0 Å². The van der Waals surface area contributed by atoms with Crippen LogP contribution in [0.4, 0.5) is 0 Å². The lowest BCUT2D eigenvalue weighted by molar-refractivity contribution is 0.0950. The lowest BCUT2D eigenvalue weighted by Gasteiger charge is -2.09. The van der Waals surface area contributed by atoms with Gasteiger partial charge in [-0.25, -0.2) is 19.0 Å². The Bertz CT molecular complexity index is 1670. The summed E-state index contributed by atoms with van der Waals surface area (Å²) in [5.41, 5.74) is 5.32. The Morgan fingerprint density at radius 3 is 2.18 bits per heavy atom. The standard InChI is InChI=1S/C18H17BrN4OS.C7H5BrIN3S/c1-10-7-11(3-6-13(10)18(24)21-12-4-5-12)14-9-20-17-15(25-2)8-16(19)22-23(14)17;1-13-4-2-5(8)11-12-6(9)3-10-7(4)12/h3,6-9,12H,4-5H2,1-2H3,(H,21,24);2-3H,1H3. The summed E-state index contributed by atoms with van der Waals surface area (Å²) in [6, 6.07) is 10.2. The van der Waals surface area contributed by atoms with Gasteiger partial charge in [-0.05, 0) is 117 Å². The summed E-state index contributed by atoms with van der Waals surface area (Å²) in [5.74, 6) is 0.00947. The first kappa shape index (κ1) is 27.9. The van der Waals surface area contributed by atoms with Crippen LogP contribution in [0.3, 0.4) is 0 Å². The third-order valence-corrected chi connectivity index (χ3v) is 8.88. The molecule has 4 heterocycles. The maximum absolute atomic E-state index is 12.3. The van der Waals surface area contributed by atoms with Crippen LogP contribution >= 0.6 is 78.0 Å². The van der Waals surface area contributed by atoms with E-state index in [-0.39, 0.29) is 5.91 Å². The number of nitrogens with zero attached hydrogens (tertiary/aromatic N) is 6. The molecule has 1 aromatic carbocycles. The number of thioether (sulfide) groups is 2. The van der Waals surface area contributed by atoms with E-state index in [0.717, 1.165) is 69.2 Å². The molecule has 0 unspecified atom stereocenters. The lowest BCUT2D eigenvalue weighted by Crippen LogP contribution is -2.26. The van der Waals surface area contributed by atoms with E-state index in [1.807, 2.05) is 71.2 Å². The minimum Gasteiger partial charge on any atom is -0.349 e. The molecular weight excluding hydrogens is 765 g/mol. The maximum atomic E-state index is 12.3. The number of aryl methyl sites for hydroxylation is 1. The summed E-state index contributed by atoms with van der Waals surface area (Å²) in [7, 11) is 0. The fourth-order valence-corrected chi connectivity index (χ4v) is 6.52. The zero-order valence-electron chi connectivity index (χ0n) is 20.6. The smallest absolute Gasteiger partial charge is 0.251 e. The number of aromatic nitrogens is 6. The number of nitrogens with one attached hydrogen (secondary N) is 1. The van der Waals surface area contributed by atoms with Crippen molar-refractivity contribution in [3.8, 4) is 11.3 Å². The van der Waals surface area contributed by atoms with Gasteiger partial charge in [-0.2, -0.15) is 10.2 Å². The molecule has 0 spiro atoms. The summed E-state index contributed by atoms with van der Waals surface area (Å²) in [6.45, 7) is 1.96. The van der Waals surface area contributed by atoms with Crippen molar-refractivity contribution in [1.29, 1.82) is 0 Å². The van der Waals surface area contributed by atoms with Crippen LogP contribution in [0.1, 0.15) is 28.8 Å². The second-order valence-corrected chi connectivity index (χ2v) is 13.0. The molecule has 4 aromatic heterocycles. The quantitative estimate of drug-likeness (QED) is 0.153. The van der Waals surface area contributed by atoms with Gasteiger partial charge in [0.05, 0.1) is 27.9 Å². The summed E-state index contributed by atoms with van der Waals surface area (Å²) >= 11 is 12.3. The van der Waals surface area contributed by atoms with E-state index in [1.165, 1.54) is 0 Å². The minimum atomic E-state index is 0.00947. The van der Waals surface area contributed by atoms with Crippen LogP contribution in [0.15, 0.2) is 61.7 Å². The van der Waals surface area contributed by atoms with E-state index in [4.69, 9.17) is 0 Å². The van der Waals surface area contributed by atoms with Gasteiger partial charge in [0.25, 0.3) is 5.91 Å². The van der Waals surface area contributed by atoms with Crippen LogP contribution in [0, 0.1) is 10.6 Å². The number of hydrogen-bond acceptors (Lipinski definition) is 7. The Labute approximate surface area is 258 Å². The highest BCUT2D eigenvalue weighted by atomic mass is 127.